The summed E-state index contributed by atoms with van der Waals surface area (Å²) in [7, 11) is 5.61. The topological polar surface area (TPSA) is 124 Å². The largest absolute Gasteiger partial charge is 0.550 e. The zero-order chi connectivity index (χ0) is 19.5. The lowest BCUT2D eigenvalue weighted by molar-refractivity contribution is -0.873. The van der Waals surface area contributed by atoms with Crippen LogP contribution in [0.4, 0.5) is 0 Å². The molecular formula is C17H29NO7. The molecule has 0 aliphatic heterocycles. The van der Waals surface area contributed by atoms with Gasteiger partial charge in [0.2, 0.25) is 0 Å². The van der Waals surface area contributed by atoms with Crippen molar-refractivity contribution in [3.63, 3.8) is 0 Å². The predicted molar refractivity (Wildman–Crippen MR) is 88.5 cm³/mol. The van der Waals surface area contributed by atoms with E-state index in [9.17, 15) is 24.6 Å². The van der Waals surface area contributed by atoms with Crippen LogP contribution < -0.4 is 5.11 Å². The zero-order valence-corrected chi connectivity index (χ0v) is 15.2. The van der Waals surface area contributed by atoms with E-state index >= 15 is 0 Å². The van der Waals surface area contributed by atoms with Crippen LogP contribution in [-0.2, 0) is 19.1 Å². The van der Waals surface area contributed by atoms with Gasteiger partial charge in [-0.1, -0.05) is 0 Å². The number of ether oxygens (including phenoxy) is 1. The molecule has 0 aromatic carbocycles. The fraction of sp³-hybridized carbons (Fsp3) is 0.706. The molecule has 0 spiro atoms. The van der Waals surface area contributed by atoms with Crippen molar-refractivity contribution in [2.24, 2.45) is 0 Å². The molecule has 0 aliphatic carbocycles. The standard InChI is InChI=1S/C17H29NO7/c1-18(2,3)12-14(11-16(22)23)25-17(24)10-5-4-7-13(19)8-6-9-15(20)21/h8,14H,4-7,9-12H2,1-3H3,(H2-,19,20,21,22,23)/b13-8-. The van der Waals surface area contributed by atoms with Gasteiger partial charge in [0, 0.05) is 31.7 Å². The highest BCUT2D eigenvalue weighted by Gasteiger charge is 2.22. The second kappa shape index (κ2) is 11.5. The quantitative estimate of drug-likeness (QED) is 0.214. The number of rotatable bonds is 13. The highest BCUT2D eigenvalue weighted by Crippen LogP contribution is 2.11. The predicted octanol–water partition coefficient (Wildman–Crippen LogP) is 0.612. The summed E-state index contributed by atoms with van der Waals surface area (Å²) in [5, 5.41) is 28.8. The van der Waals surface area contributed by atoms with Crippen molar-refractivity contribution in [1.29, 1.82) is 0 Å². The van der Waals surface area contributed by atoms with Gasteiger partial charge in [0.05, 0.1) is 26.9 Å². The van der Waals surface area contributed by atoms with Gasteiger partial charge in [-0.05, 0) is 25.3 Å². The molecule has 1 atom stereocenters. The molecular weight excluding hydrogens is 330 g/mol. The van der Waals surface area contributed by atoms with Crippen LogP contribution in [0.1, 0.15) is 44.9 Å². The molecule has 8 nitrogen and oxygen atoms in total. The highest BCUT2D eigenvalue weighted by atomic mass is 16.5. The zero-order valence-electron chi connectivity index (χ0n) is 15.2. The summed E-state index contributed by atoms with van der Waals surface area (Å²) in [6, 6.07) is 0. The van der Waals surface area contributed by atoms with Gasteiger partial charge in [-0.25, -0.2) is 0 Å². The van der Waals surface area contributed by atoms with Crippen LogP contribution in [0.15, 0.2) is 11.8 Å². The van der Waals surface area contributed by atoms with Crippen LogP contribution >= 0.6 is 0 Å². The minimum absolute atomic E-state index is 0.0392. The lowest BCUT2D eigenvalue weighted by Crippen LogP contribution is -2.45. The Kier molecular flexibility index (Phi) is 10.5. The van der Waals surface area contributed by atoms with Gasteiger partial charge >= 0.3 is 11.9 Å². The van der Waals surface area contributed by atoms with E-state index in [0.29, 0.717) is 30.3 Å². The summed E-state index contributed by atoms with van der Waals surface area (Å²) in [6.07, 6.45) is 2.13. The smallest absolute Gasteiger partial charge is 0.306 e. The first-order valence-electron chi connectivity index (χ1n) is 8.29. The second-order valence-electron chi connectivity index (χ2n) is 7.00. The average Bonchev–Trinajstić information content (AvgIpc) is 2.40. The summed E-state index contributed by atoms with van der Waals surface area (Å²) in [5.41, 5.74) is 0. The number of esters is 1. The van der Waals surface area contributed by atoms with Crippen LogP contribution in [0.2, 0.25) is 0 Å². The number of nitrogens with zero attached hydrogens (tertiary/aromatic N) is 1. The normalized spacial score (nSPS) is 13.3. The molecule has 0 saturated heterocycles. The number of unbranched alkanes of at least 4 members (excludes halogenated alkanes) is 1. The second-order valence-corrected chi connectivity index (χ2v) is 7.00. The Balaban J connectivity index is 4.14. The lowest BCUT2D eigenvalue weighted by atomic mass is 10.1. The molecule has 25 heavy (non-hydrogen) atoms. The number of aliphatic hydroxyl groups excluding tert-OH is 1. The van der Waals surface area contributed by atoms with Crippen LogP contribution in [-0.4, -0.2) is 66.4 Å². The Morgan fingerprint density at radius 3 is 2.20 bits per heavy atom. The molecule has 8 heteroatoms. The molecule has 0 aromatic heterocycles. The van der Waals surface area contributed by atoms with E-state index in [1.54, 1.807) is 0 Å². The Bertz CT molecular complexity index is 480. The van der Waals surface area contributed by atoms with Crippen LogP contribution in [0.5, 0.6) is 0 Å². The minimum atomic E-state index is -1.26. The van der Waals surface area contributed by atoms with E-state index in [1.165, 1.54) is 6.08 Å². The molecule has 0 radical (unpaired) electrons. The fourth-order valence-corrected chi connectivity index (χ4v) is 2.22. The Morgan fingerprint density at radius 2 is 1.68 bits per heavy atom. The fourth-order valence-electron chi connectivity index (χ4n) is 2.22. The number of hydrogen-bond donors (Lipinski definition) is 2. The Hall–Kier alpha value is -2.09. The minimum Gasteiger partial charge on any atom is -0.550 e. The number of carboxylic acid groups (broad SMARTS) is 2. The number of aliphatic carboxylic acids is 2. The number of carboxylic acids is 2. The third-order valence-electron chi connectivity index (χ3n) is 3.25. The third-order valence-corrected chi connectivity index (χ3v) is 3.25. The number of likely N-dealkylation sites (N-methyl/N-ethyl adjacent to an activating group) is 1. The number of hydrogen-bond acceptors (Lipinski definition) is 6. The van der Waals surface area contributed by atoms with E-state index in [-0.39, 0.29) is 31.4 Å². The van der Waals surface area contributed by atoms with Gasteiger partial charge in [0.25, 0.3) is 0 Å². The van der Waals surface area contributed by atoms with Crippen LogP contribution in [0, 0.1) is 0 Å². The molecule has 0 aromatic rings. The number of aliphatic hydroxyl groups is 1. The Morgan fingerprint density at radius 1 is 1.08 bits per heavy atom. The highest BCUT2D eigenvalue weighted by molar-refractivity contribution is 5.70. The van der Waals surface area contributed by atoms with E-state index in [4.69, 9.17) is 9.84 Å². The molecule has 144 valence electrons. The van der Waals surface area contributed by atoms with Crippen molar-refractivity contribution >= 4 is 17.9 Å². The van der Waals surface area contributed by atoms with E-state index < -0.39 is 24.0 Å². The lowest BCUT2D eigenvalue weighted by Gasteiger charge is -2.29. The van der Waals surface area contributed by atoms with Gasteiger partial charge in [0.15, 0.2) is 6.10 Å². The summed E-state index contributed by atoms with van der Waals surface area (Å²) >= 11 is 0. The monoisotopic (exact) mass is 359 g/mol. The summed E-state index contributed by atoms with van der Waals surface area (Å²) in [5.74, 6) is -2.56. The molecule has 2 N–H and O–H groups in total. The first-order valence-corrected chi connectivity index (χ1v) is 8.29. The van der Waals surface area contributed by atoms with Crippen molar-refractivity contribution < 1.29 is 38.9 Å². The maximum absolute atomic E-state index is 11.8. The van der Waals surface area contributed by atoms with Crippen LogP contribution in [0.25, 0.3) is 0 Å². The maximum atomic E-state index is 11.8. The van der Waals surface area contributed by atoms with Gasteiger partial charge in [-0.3, -0.25) is 9.59 Å². The van der Waals surface area contributed by atoms with Gasteiger partial charge in [-0.15, -0.1) is 0 Å². The number of quaternary nitrogens is 1. The van der Waals surface area contributed by atoms with Crippen molar-refractivity contribution in [3.8, 4) is 0 Å². The first kappa shape index (κ1) is 22.9. The number of carbonyl (C=O) groups excluding carboxylic acids is 2. The summed E-state index contributed by atoms with van der Waals surface area (Å²) < 4.78 is 5.68. The molecule has 0 heterocycles. The van der Waals surface area contributed by atoms with Gasteiger partial charge in [0.1, 0.15) is 6.54 Å². The first-order chi connectivity index (χ1) is 11.5. The van der Waals surface area contributed by atoms with E-state index in [1.807, 2.05) is 21.1 Å². The van der Waals surface area contributed by atoms with Crippen molar-refractivity contribution in [1.82, 2.24) is 0 Å². The Labute approximate surface area is 148 Å². The molecule has 0 bridgehead atoms. The molecule has 0 rings (SSSR count). The van der Waals surface area contributed by atoms with Gasteiger partial charge in [-0.2, -0.15) is 0 Å². The maximum Gasteiger partial charge on any atom is 0.306 e. The van der Waals surface area contributed by atoms with Crippen molar-refractivity contribution in [2.45, 2.75) is 51.0 Å². The number of allylic oxidation sites excluding steroid dienone is 2. The van der Waals surface area contributed by atoms with Crippen molar-refractivity contribution in [3.05, 3.63) is 11.8 Å². The van der Waals surface area contributed by atoms with Crippen molar-refractivity contribution in [2.75, 3.05) is 27.7 Å². The summed E-state index contributed by atoms with van der Waals surface area (Å²) in [4.78, 5) is 32.9. The van der Waals surface area contributed by atoms with Crippen LogP contribution in [0.3, 0.4) is 0 Å². The number of carbonyl (C=O) groups is 3. The van der Waals surface area contributed by atoms with E-state index in [0.717, 1.165) is 0 Å². The third kappa shape index (κ3) is 15.2. The molecule has 0 fully saturated rings. The molecule has 1 unspecified atom stereocenters. The average molecular weight is 359 g/mol. The van der Waals surface area contributed by atoms with E-state index in [2.05, 4.69) is 0 Å². The van der Waals surface area contributed by atoms with Gasteiger partial charge < -0.3 is 29.3 Å². The molecule has 0 amide bonds. The molecule has 0 saturated carbocycles. The SMILES string of the molecule is C[N+](C)(C)CC(CC(=O)[O-])OC(=O)CCCC/C(O)=C/CCC(=O)O. The molecule has 0 aliphatic rings. The summed E-state index contributed by atoms with van der Waals surface area (Å²) in [6.45, 7) is 0.368.